The lowest BCUT2D eigenvalue weighted by atomic mass is 10.6. The molecule has 1 rings (SSSR count). The summed E-state index contributed by atoms with van der Waals surface area (Å²) < 4.78 is 10.8. The number of ether oxygens (including phenoxy) is 2. The summed E-state index contributed by atoms with van der Waals surface area (Å²) in [6.45, 7) is 2.42. The Morgan fingerprint density at radius 3 is 2.92 bits per heavy atom. The van der Waals surface area contributed by atoms with Crippen molar-refractivity contribution in [3.8, 4) is 11.9 Å². The Hall–Kier alpha value is -0.840. The first kappa shape index (κ1) is 9.25. The van der Waals surface area contributed by atoms with E-state index in [1.54, 1.807) is 13.3 Å². The fourth-order valence-electron chi connectivity index (χ4n) is 0.678. The van der Waals surface area contributed by atoms with Crippen molar-refractivity contribution >= 4 is 15.9 Å². The maximum absolute atomic E-state index is 5.08. The topological polar surface area (TPSA) is 44.2 Å². The summed E-state index contributed by atoms with van der Waals surface area (Å²) in [5, 5.41) is 0. The standard InChI is InChI=1S/C7H9BrN2O2/c1-3-12-7-9-4-5(8)6(10-7)11-2/h4H,3H2,1-2H3. The van der Waals surface area contributed by atoms with Gasteiger partial charge in [-0.15, -0.1) is 0 Å². The molecule has 0 saturated carbocycles. The normalized spacial score (nSPS) is 9.58. The van der Waals surface area contributed by atoms with Crippen LogP contribution in [0.5, 0.6) is 11.9 Å². The molecule has 0 saturated heterocycles. The van der Waals surface area contributed by atoms with Gasteiger partial charge in [0, 0.05) is 0 Å². The van der Waals surface area contributed by atoms with Crippen LogP contribution in [0.25, 0.3) is 0 Å². The van der Waals surface area contributed by atoms with Crippen molar-refractivity contribution < 1.29 is 9.47 Å². The van der Waals surface area contributed by atoms with Crippen molar-refractivity contribution in [1.29, 1.82) is 0 Å². The van der Waals surface area contributed by atoms with Gasteiger partial charge >= 0.3 is 6.01 Å². The quantitative estimate of drug-likeness (QED) is 0.796. The second-order valence-corrected chi connectivity index (χ2v) is 2.80. The molecule has 0 aliphatic rings. The fraction of sp³-hybridized carbons (Fsp3) is 0.429. The first-order chi connectivity index (χ1) is 5.77. The van der Waals surface area contributed by atoms with Gasteiger partial charge in [0.15, 0.2) is 0 Å². The van der Waals surface area contributed by atoms with Crippen molar-refractivity contribution in [2.75, 3.05) is 13.7 Å². The van der Waals surface area contributed by atoms with Crippen LogP contribution < -0.4 is 9.47 Å². The van der Waals surface area contributed by atoms with E-state index in [9.17, 15) is 0 Å². The van der Waals surface area contributed by atoms with E-state index < -0.39 is 0 Å². The third-order valence-electron chi connectivity index (χ3n) is 1.16. The number of methoxy groups -OCH3 is 1. The van der Waals surface area contributed by atoms with Crippen LogP contribution in [-0.4, -0.2) is 23.7 Å². The van der Waals surface area contributed by atoms with Crippen LogP contribution in [0.15, 0.2) is 10.7 Å². The number of hydrogen-bond acceptors (Lipinski definition) is 4. The van der Waals surface area contributed by atoms with Gasteiger partial charge in [0.25, 0.3) is 0 Å². The van der Waals surface area contributed by atoms with Crippen LogP contribution in [0.1, 0.15) is 6.92 Å². The first-order valence-corrected chi connectivity index (χ1v) is 4.26. The van der Waals surface area contributed by atoms with E-state index in [0.717, 1.165) is 0 Å². The fourth-order valence-corrected chi connectivity index (χ4v) is 1.03. The summed E-state index contributed by atoms with van der Waals surface area (Å²) in [4.78, 5) is 7.89. The molecule has 0 unspecified atom stereocenters. The minimum atomic E-state index is 0.331. The Bertz CT molecular complexity index is 268. The number of aromatic nitrogens is 2. The van der Waals surface area contributed by atoms with Gasteiger partial charge in [0.2, 0.25) is 5.88 Å². The monoisotopic (exact) mass is 232 g/mol. The lowest BCUT2D eigenvalue weighted by Gasteiger charge is -2.03. The largest absolute Gasteiger partial charge is 0.480 e. The lowest BCUT2D eigenvalue weighted by Crippen LogP contribution is -1.99. The van der Waals surface area contributed by atoms with Gasteiger partial charge in [-0.1, -0.05) is 0 Å². The highest BCUT2D eigenvalue weighted by atomic mass is 79.9. The summed E-state index contributed by atoms with van der Waals surface area (Å²) >= 11 is 3.24. The van der Waals surface area contributed by atoms with Gasteiger partial charge in [-0.05, 0) is 22.9 Å². The van der Waals surface area contributed by atoms with Gasteiger partial charge < -0.3 is 9.47 Å². The second-order valence-electron chi connectivity index (χ2n) is 1.94. The Morgan fingerprint density at radius 1 is 1.58 bits per heavy atom. The molecular weight excluding hydrogens is 224 g/mol. The van der Waals surface area contributed by atoms with Crippen LogP contribution in [0, 0.1) is 0 Å². The molecule has 66 valence electrons. The van der Waals surface area contributed by atoms with Gasteiger partial charge in [-0.25, -0.2) is 4.98 Å². The molecule has 0 N–H and O–H groups in total. The molecule has 0 bridgehead atoms. The molecule has 0 aliphatic carbocycles. The zero-order valence-corrected chi connectivity index (χ0v) is 8.46. The van der Waals surface area contributed by atoms with Crippen molar-refractivity contribution in [3.63, 3.8) is 0 Å². The van der Waals surface area contributed by atoms with Gasteiger partial charge in [-0.2, -0.15) is 4.98 Å². The van der Waals surface area contributed by atoms with E-state index in [1.807, 2.05) is 6.92 Å². The number of nitrogens with zero attached hydrogens (tertiary/aromatic N) is 2. The lowest BCUT2D eigenvalue weighted by molar-refractivity contribution is 0.301. The minimum absolute atomic E-state index is 0.331. The van der Waals surface area contributed by atoms with Crippen molar-refractivity contribution in [1.82, 2.24) is 9.97 Å². The molecule has 0 aliphatic heterocycles. The molecule has 0 fully saturated rings. The third-order valence-corrected chi connectivity index (χ3v) is 1.70. The minimum Gasteiger partial charge on any atom is -0.480 e. The van der Waals surface area contributed by atoms with Crippen LogP contribution in [0.3, 0.4) is 0 Å². The highest BCUT2D eigenvalue weighted by molar-refractivity contribution is 9.10. The Balaban J connectivity index is 2.89. The van der Waals surface area contributed by atoms with E-state index in [1.165, 1.54) is 0 Å². The Kier molecular flexibility index (Phi) is 3.28. The van der Waals surface area contributed by atoms with E-state index in [2.05, 4.69) is 25.9 Å². The number of halogens is 1. The van der Waals surface area contributed by atoms with E-state index in [4.69, 9.17) is 9.47 Å². The summed E-state index contributed by atoms with van der Waals surface area (Å²) in [5.41, 5.74) is 0. The number of hydrogen-bond donors (Lipinski definition) is 0. The highest BCUT2D eigenvalue weighted by Gasteiger charge is 2.04. The average Bonchev–Trinajstić information content (AvgIpc) is 2.09. The molecule has 5 heteroatoms. The van der Waals surface area contributed by atoms with Gasteiger partial charge in [0.05, 0.1) is 24.4 Å². The van der Waals surface area contributed by atoms with Crippen LogP contribution in [-0.2, 0) is 0 Å². The first-order valence-electron chi connectivity index (χ1n) is 3.47. The molecule has 0 aromatic carbocycles. The predicted octanol–water partition coefficient (Wildman–Crippen LogP) is 1.65. The predicted molar refractivity (Wildman–Crippen MR) is 47.5 cm³/mol. The molecule has 0 radical (unpaired) electrons. The summed E-state index contributed by atoms with van der Waals surface area (Å²) in [6.07, 6.45) is 1.59. The molecule has 1 aromatic rings. The molecule has 12 heavy (non-hydrogen) atoms. The van der Waals surface area contributed by atoms with Crippen LogP contribution in [0.2, 0.25) is 0 Å². The van der Waals surface area contributed by atoms with Gasteiger partial charge in [-0.3, -0.25) is 0 Å². The summed E-state index contributed by atoms with van der Waals surface area (Å²) in [7, 11) is 1.54. The number of rotatable bonds is 3. The zero-order chi connectivity index (χ0) is 8.97. The summed E-state index contributed by atoms with van der Waals surface area (Å²) in [5.74, 6) is 0.480. The highest BCUT2D eigenvalue weighted by Crippen LogP contribution is 2.22. The van der Waals surface area contributed by atoms with Crippen LogP contribution in [0.4, 0.5) is 0 Å². The summed E-state index contributed by atoms with van der Waals surface area (Å²) in [6, 6.07) is 0.331. The molecule has 0 atom stereocenters. The van der Waals surface area contributed by atoms with Crippen molar-refractivity contribution in [2.24, 2.45) is 0 Å². The zero-order valence-electron chi connectivity index (χ0n) is 6.87. The molecular formula is C7H9BrN2O2. The maximum atomic E-state index is 5.08. The van der Waals surface area contributed by atoms with Crippen LogP contribution >= 0.6 is 15.9 Å². The Morgan fingerprint density at radius 2 is 2.33 bits per heavy atom. The maximum Gasteiger partial charge on any atom is 0.319 e. The molecule has 1 aromatic heterocycles. The molecule has 1 heterocycles. The Labute approximate surface area is 79.1 Å². The van der Waals surface area contributed by atoms with Gasteiger partial charge in [0.1, 0.15) is 0 Å². The SMILES string of the molecule is CCOc1ncc(Br)c(OC)n1. The third kappa shape index (κ3) is 2.07. The molecule has 4 nitrogen and oxygen atoms in total. The van der Waals surface area contributed by atoms with E-state index in [-0.39, 0.29) is 0 Å². The van der Waals surface area contributed by atoms with E-state index in [0.29, 0.717) is 23.0 Å². The molecule has 0 amide bonds. The van der Waals surface area contributed by atoms with E-state index >= 15 is 0 Å². The average molecular weight is 233 g/mol. The molecule has 0 spiro atoms. The smallest absolute Gasteiger partial charge is 0.319 e. The van der Waals surface area contributed by atoms with Crippen molar-refractivity contribution in [3.05, 3.63) is 10.7 Å². The van der Waals surface area contributed by atoms with Crippen molar-refractivity contribution in [2.45, 2.75) is 6.92 Å². The second kappa shape index (κ2) is 4.25.